The van der Waals surface area contributed by atoms with Crippen molar-refractivity contribution in [2.75, 3.05) is 13.1 Å². The molecule has 0 bridgehead atoms. The number of nitrogens with zero attached hydrogens (tertiary/aromatic N) is 1. The molecule has 7 nitrogen and oxygen atoms in total. The third kappa shape index (κ3) is 3.11. The second-order valence-electron chi connectivity index (χ2n) is 5.83. The van der Waals surface area contributed by atoms with Crippen LogP contribution in [-0.2, 0) is 9.59 Å². The van der Waals surface area contributed by atoms with Crippen molar-refractivity contribution in [2.24, 2.45) is 0 Å². The molecule has 0 aromatic carbocycles. The van der Waals surface area contributed by atoms with Gasteiger partial charge in [0.15, 0.2) is 0 Å². The van der Waals surface area contributed by atoms with Gasteiger partial charge in [0.05, 0.1) is 0 Å². The van der Waals surface area contributed by atoms with E-state index < -0.39 is 11.5 Å². The first-order chi connectivity index (χ1) is 9.99. The van der Waals surface area contributed by atoms with E-state index in [1.165, 1.54) is 4.90 Å². The zero-order valence-corrected chi connectivity index (χ0v) is 12.4. The number of carboxylic acid groups (broad SMARTS) is 1. The van der Waals surface area contributed by atoms with Crippen molar-refractivity contribution in [2.45, 2.75) is 57.0 Å². The molecule has 0 saturated carbocycles. The smallest absolute Gasteiger partial charge is 0.329 e. The quantitative estimate of drug-likeness (QED) is 0.695. The molecule has 3 amide bonds. The fourth-order valence-electron chi connectivity index (χ4n) is 3.31. The number of rotatable bonds is 5. The van der Waals surface area contributed by atoms with Gasteiger partial charge in [-0.25, -0.2) is 9.59 Å². The van der Waals surface area contributed by atoms with Crippen LogP contribution < -0.4 is 10.6 Å². The van der Waals surface area contributed by atoms with Crippen LogP contribution in [0.3, 0.4) is 0 Å². The van der Waals surface area contributed by atoms with Gasteiger partial charge < -0.3 is 20.6 Å². The van der Waals surface area contributed by atoms with Gasteiger partial charge >= 0.3 is 12.0 Å². The number of likely N-dealkylation sites (tertiary alicyclic amines) is 1. The number of carboxylic acids is 1. The zero-order chi connectivity index (χ0) is 15.5. The summed E-state index contributed by atoms with van der Waals surface area (Å²) in [6.45, 7) is 2.74. The molecule has 0 radical (unpaired) electrons. The van der Waals surface area contributed by atoms with Crippen LogP contribution in [0.5, 0.6) is 0 Å². The van der Waals surface area contributed by atoms with Gasteiger partial charge in [0, 0.05) is 25.6 Å². The average Bonchev–Trinajstić information content (AvgIpc) is 3.04. The summed E-state index contributed by atoms with van der Waals surface area (Å²) in [6.07, 6.45) is 3.59. The summed E-state index contributed by atoms with van der Waals surface area (Å²) in [4.78, 5) is 36.5. The lowest BCUT2D eigenvalue weighted by Gasteiger charge is -2.34. The molecule has 0 aliphatic carbocycles. The minimum Gasteiger partial charge on any atom is -0.479 e. The molecule has 2 unspecified atom stereocenters. The van der Waals surface area contributed by atoms with Crippen molar-refractivity contribution in [1.82, 2.24) is 15.5 Å². The van der Waals surface area contributed by atoms with Gasteiger partial charge in [-0.1, -0.05) is 13.3 Å². The number of hydrogen-bond donors (Lipinski definition) is 3. The summed E-state index contributed by atoms with van der Waals surface area (Å²) < 4.78 is 0. The molecule has 7 heteroatoms. The third-order valence-electron chi connectivity index (χ3n) is 4.38. The van der Waals surface area contributed by atoms with Crippen LogP contribution in [0.25, 0.3) is 0 Å². The molecule has 0 aromatic rings. The molecule has 2 aliphatic rings. The Bertz CT molecular complexity index is 440. The maximum absolute atomic E-state index is 12.3. The summed E-state index contributed by atoms with van der Waals surface area (Å²) >= 11 is 0. The van der Waals surface area contributed by atoms with Crippen molar-refractivity contribution in [3.8, 4) is 0 Å². The molecule has 2 aliphatic heterocycles. The molecule has 0 spiro atoms. The first kappa shape index (κ1) is 15.6. The van der Waals surface area contributed by atoms with E-state index in [-0.39, 0.29) is 18.0 Å². The summed E-state index contributed by atoms with van der Waals surface area (Å²) in [5.74, 6) is -0.924. The Morgan fingerprint density at radius 2 is 2.29 bits per heavy atom. The number of nitrogens with one attached hydrogen (secondary N) is 2. The van der Waals surface area contributed by atoms with E-state index in [2.05, 4.69) is 10.6 Å². The van der Waals surface area contributed by atoms with Gasteiger partial charge in [-0.05, 0) is 25.7 Å². The molecule has 118 valence electrons. The molecule has 2 fully saturated rings. The summed E-state index contributed by atoms with van der Waals surface area (Å²) in [7, 11) is 0. The topological polar surface area (TPSA) is 98.7 Å². The minimum atomic E-state index is -1.07. The van der Waals surface area contributed by atoms with Crippen LogP contribution >= 0.6 is 0 Å². The van der Waals surface area contributed by atoms with Crippen LogP contribution in [-0.4, -0.2) is 52.6 Å². The number of carbonyl (C=O) groups excluding carboxylic acids is 2. The van der Waals surface area contributed by atoms with E-state index in [9.17, 15) is 19.5 Å². The number of aliphatic carboxylic acids is 1. The molecule has 21 heavy (non-hydrogen) atoms. The molecular weight excluding hydrogens is 274 g/mol. The number of carbonyl (C=O) groups is 3. The summed E-state index contributed by atoms with van der Waals surface area (Å²) in [5, 5.41) is 15.1. The van der Waals surface area contributed by atoms with Gasteiger partial charge in [0.1, 0.15) is 5.54 Å². The van der Waals surface area contributed by atoms with Crippen molar-refractivity contribution in [3.05, 3.63) is 0 Å². The average molecular weight is 297 g/mol. The van der Waals surface area contributed by atoms with Gasteiger partial charge in [-0.2, -0.15) is 0 Å². The Balaban J connectivity index is 1.96. The highest BCUT2D eigenvalue weighted by Gasteiger charge is 2.49. The van der Waals surface area contributed by atoms with Crippen LogP contribution in [0.4, 0.5) is 4.79 Å². The van der Waals surface area contributed by atoms with Gasteiger partial charge in [0.25, 0.3) is 0 Å². The highest BCUT2D eigenvalue weighted by Crippen LogP contribution is 2.34. The molecular formula is C14H23N3O4. The van der Waals surface area contributed by atoms with Crippen molar-refractivity contribution in [3.63, 3.8) is 0 Å². The molecule has 2 atom stereocenters. The van der Waals surface area contributed by atoms with E-state index in [1.807, 2.05) is 6.92 Å². The predicted octanol–water partition coefficient (Wildman–Crippen LogP) is 0.694. The van der Waals surface area contributed by atoms with Gasteiger partial charge in [-0.15, -0.1) is 0 Å². The van der Waals surface area contributed by atoms with E-state index in [4.69, 9.17) is 0 Å². The lowest BCUT2D eigenvalue weighted by atomic mass is 9.91. The monoisotopic (exact) mass is 297 g/mol. The largest absolute Gasteiger partial charge is 0.479 e. The van der Waals surface area contributed by atoms with Gasteiger partial charge in [-0.3, -0.25) is 4.79 Å². The number of urea groups is 1. The lowest BCUT2D eigenvalue weighted by Crippen LogP contribution is -2.57. The van der Waals surface area contributed by atoms with Crippen LogP contribution in [0.1, 0.15) is 45.4 Å². The fourth-order valence-corrected chi connectivity index (χ4v) is 3.31. The first-order valence-electron chi connectivity index (χ1n) is 7.58. The summed E-state index contributed by atoms with van der Waals surface area (Å²) in [5.41, 5.74) is -1.07. The van der Waals surface area contributed by atoms with E-state index >= 15 is 0 Å². The van der Waals surface area contributed by atoms with E-state index in [1.54, 1.807) is 0 Å². The van der Waals surface area contributed by atoms with Crippen molar-refractivity contribution >= 4 is 17.9 Å². The van der Waals surface area contributed by atoms with Crippen molar-refractivity contribution in [1.29, 1.82) is 0 Å². The van der Waals surface area contributed by atoms with E-state index in [0.29, 0.717) is 45.2 Å². The Kier molecular flexibility index (Phi) is 4.69. The third-order valence-corrected chi connectivity index (χ3v) is 4.38. The Morgan fingerprint density at radius 1 is 1.52 bits per heavy atom. The summed E-state index contributed by atoms with van der Waals surface area (Å²) in [6, 6.07) is -0.390. The van der Waals surface area contributed by atoms with E-state index in [0.717, 1.165) is 6.42 Å². The van der Waals surface area contributed by atoms with Gasteiger partial charge in [0.2, 0.25) is 5.91 Å². The number of amides is 3. The first-order valence-corrected chi connectivity index (χ1v) is 7.58. The maximum atomic E-state index is 12.3. The lowest BCUT2D eigenvalue weighted by molar-refractivity contribution is -0.148. The molecule has 2 heterocycles. The molecule has 2 rings (SSSR count). The highest BCUT2D eigenvalue weighted by atomic mass is 16.4. The Morgan fingerprint density at radius 3 is 2.86 bits per heavy atom. The second kappa shape index (κ2) is 6.32. The zero-order valence-electron chi connectivity index (χ0n) is 12.4. The fraction of sp³-hybridized carbons (Fsp3) is 0.786. The standard InChI is InChI=1S/C14H23N3O4/c1-2-6-14(12(19)20)7-3-8-17(14)13(21)15-9-10-4-5-11(18)16-10/h10H,2-9H2,1H3,(H,15,21)(H,16,18)(H,19,20). The maximum Gasteiger partial charge on any atom is 0.329 e. The van der Waals surface area contributed by atoms with Crippen LogP contribution in [0.15, 0.2) is 0 Å². The SMILES string of the molecule is CCCC1(C(=O)O)CCCN1C(=O)NCC1CCC(=O)N1. The van der Waals surface area contributed by atoms with Crippen LogP contribution in [0.2, 0.25) is 0 Å². The highest BCUT2D eigenvalue weighted by molar-refractivity contribution is 5.87. The second-order valence-corrected chi connectivity index (χ2v) is 5.83. The number of hydrogen-bond acceptors (Lipinski definition) is 3. The normalized spacial score (nSPS) is 28.5. The molecule has 3 N–H and O–H groups in total. The Hall–Kier alpha value is -1.79. The predicted molar refractivity (Wildman–Crippen MR) is 75.8 cm³/mol. The van der Waals surface area contributed by atoms with Crippen LogP contribution in [0, 0.1) is 0 Å². The molecule has 0 aromatic heterocycles. The van der Waals surface area contributed by atoms with Crippen molar-refractivity contribution < 1.29 is 19.5 Å². The Labute approximate surface area is 124 Å². The minimum absolute atomic E-state index is 0.00119. The molecule has 2 saturated heterocycles.